The van der Waals surface area contributed by atoms with Crippen molar-refractivity contribution in [3.05, 3.63) is 126 Å². The van der Waals surface area contributed by atoms with Crippen LogP contribution in [-0.2, 0) is 6.61 Å². The Bertz CT molecular complexity index is 1540. The number of carbonyl (C=O) groups is 1. The summed E-state index contributed by atoms with van der Waals surface area (Å²) in [5.74, 6) is 1.12. The quantitative estimate of drug-likeness (QED) is 0.207. The van der Waals surface area contributed by atoms with Crippen molar-refractivity contribution >= 4 is 23.0 Å². The van der Waals surface area contributed by atoms with E-state index >= 15 is 0 Å². The average Bonchev–Trinajstić information content (AvgIpc) is 2.96. The zero-order chi connectivity index (χ0) is 25.5. The van der Waals surface area contributed by atoms with E-state index in [1.807, 2.05) is 91.0 Å². The zero-order valence-corrected chi connectivity index (χ0v) is 20.3. The van der Waals surface area contributed by atoms with Gasteiger partial charge in [0.2, 0.25) is 0 Å². The van der Waals surface area contributed by atoms with Crippen LogP contribution in [0.15, 0.2) is 114 Å². The van der Waals surface area contributed by atoms with Crippen molar-refractivity contribution in [2.45, 2.75) is 6.61 Å². The van der Waals surface area contributed by atoms with E-state index in [4.69, 9.17) is 9.47 Å². The third-order valence-corrected chi connectivity index (χ3v) is 5.92. The van der Waals surface area contributed by atoms with Crippen molar-refractivity contribution in [2.75, 3.05) is 7.11 Å². The number of nitrogens with one attached hydrogen (secondary N) is 1. The summed E-state index contributed by atoms with van der Waals surface area (Å²) in [5, 5.41) is 5.15. The third-order valence-electron chi connectivity index (χ3n) is 5.92. The first-order chi connectivity index (χ1) is 18.2. The maximum atomic E-state index is 12.5. The molecule has 0 aliphatic rings. The van der Waals surface area contributed by atoms with E-state index in [0.717, 1.165) is 33.2 Å². The van der Waals surface area contributed by atoms with Crippen molar-refractivity contribution in [3.8, 4) is 22.6 Å². The van der Waals surface area contributed by atoms with E-state index in [0.29, 0.717) is 23.7 Å². The fourth-order valence-corrected chi connectivity index (χ4v) is 4.01. The molecule has 182 valence electrons. The Kier molecular flexibility index (Phi) is 7.18. The Labute approximate surface area is 215 Å². The van der Waals surface area contributed by atoms with Crippen molar-refractivity contribution in [1.82, 2.24) is 10.4 Å². The van der Waals surface area contributed by atoms with Gasteiger partial charge < -0.3 is 9.47 Å². The van der Waals surface area contributed by atoms with Gasteiger partial charge in [0.1, 0.15) is 23.6 Å². The number of para-hydroxylation sites is 1. The number of rotatable bonds is 8. The second-order valence-corrected chi connectivity index (χ2v) is 8.33. The van der Waals surface area contributed by atoms with Crippen LogP contribution in [0.2, 0.25) is 0 Å². The van der Waals surface area contributed by atoms with Crippen LogP contribution < -0.4 is 14.9 Å². The first-order valence-electron chi connectivity index (χ1n) is 11.8. The van der Waals surface area contributed by atoms with Crippen molar-refractivity contribution in [1.29, 1.82) is 0 Å². The number of pyridine rings is 1. The standard InChI is InChI=1S/C31H25N3O3/c1-36-28-17-12-22(19-27(28)21-37-29-11-5-9-25-10-6-18-32-30(25)29)20-33-34-31(35)26-15-13-24(14-16-26)23-7-3-2-4-8-23/h2-20H,21H2,1H3,(H,34,35)/b33-20+. The molecule has 1 heterocycles. The Morgan fingerprint density at radius 3 is 2.46 bits per heavy atom. The molecule has 37 heavy (non-hydrogen) atoms. The lowest BCUT2D eigenvalue weighted by atomic mass is 10.0. The number of methoxy groups -OCH3 is 1. The topological polar surface area (TPSA) is 72.8 Å². The highest BCUT2D eigenvalue weighted by atomic mass is 16.5. The van der Waals surface area contributed by atoms with Crippen LogP contribution in [0.1, 0.15) is 21.5 Å². The minimum absolute atomic E-state index is 0.281. The molecule has 0 spiro atoms. The molecule has 6 nitrogen and oxygen atoms in total. The molecule has 1 amide bonds. The predicted octanol–water partition coefficient (Wildman–Crippen LogP) is 6.25. The minimum Gasteiger partial charge on any atom is -0.496 e. The number of nitrogens with zero attached hydrogens (tertiary/aromatic N) is 2. The Balaban J connectivity index is 1.25. The number of ether oxygens (including phenoxy) is 2. The summed E-state index contributed by atoms with van der Waals surface area (Å²) in [7, 11) is 1.62. The van der Waals surface area contributed by atoms with Gasteiger partial charge >= 0.3 is 0 Å². The van der Waals surface area contributed by atoms with E-state index in [-0.39, 0.29) is 5.91 Å². The fraction of sp³-hybridized carbons (Fsp3) is 0.0645. The number of hydrazone groups is 1. The Hall–Kier alpha value is -4.97. The second-order valence-electron chi connectivity index (χ2n) is 8.33. The Morgan fingerprint density at radius 1 is 0.865 bits per heavy atom. The molecule has 0 aliphatic heterocycles. The molecule has 5 aromatic rings. The van der Waals surface area contributed by atoms with Gasteiger partial charge in [0.25, 0.3) is 5.91 Å². The van der Waals surface area contributed by atoms with Gasteiger partial charge in [0, 0.05) is 22.7 Å². The first kappa shape index (κ1) is 23.8. The van der Waals surface area contributed by atoms with Crippen LogP contribution in [0.25, 0.3) is 22.0 Å². The smallest absolute Gasteiger partial charge is 0.271 e. The summed E-state index contributed by atoms with van der Waals surface area (Å²) >= 11 is 0. The maximum absolute atomic E-state index is 12.5. The molecule has 5 rings (SSSR count). The molecule has 0 bridgehead atoms. The number of benzene rings is 4. The third kappa shape index (κ3) is 5.65. The fourth-order valence-electron chi connectivity index (χ4n) is 4.01. The molecule has 0 aliphatic carbocycles. The summed E-state index contributed by atoms with van der Waals surface area (Å²) < 4.78 is 11.6. The van der Waals surface area contributed by atoms with Crippen molar-refractivity contribution < 1.29 is 14.3 Å². The largest absolute Gasteiger partial charge is 0.496 e. The van der Waals surface area contributed by atoms with Gasteiger partial charge in [-0.2, -0.15) is 5.10 Å². The second kappa shape index (κ2) is 11.2. The van der Waals surface area contributed by atoms with Gasteiger partial charge in [0.15, 0.2) is 0 Å². The minimum atomic E-state index is -0.281. The van der Waals surface area contributed by atoms with Crippen LogP contribution in [-0.4, -0.2) is 24.2 Å². The zero-order valence-electron chi connectivity index (χ0n) is 20.3. The molecule has 0 atom stereocenters. The van der Waals surface area contributed by atoms with Crippen molar-refractivity contribution in [2.24, 2.45) is 5.10 Å². The maximum Gasteiger partial charge on any atom is 0.271 e. The summed E-state index contributed by atoms with van der Waals surface area (Å²) in [4.78, 5) is 17.0. The lowest BCUT2D eigenvalue weighted by Gasteiger charge is -2.12. The molecular formula is C31H25N3O3. The molecule has 0 radical (unpaired) electrons. The van der Waals surface area contributed by atoms with Gasteiger partial charge in [-0.05, 0) is 59.2 Å². The summed E-state index contributed by atoms with van der Waals surface area (Å²) in [6.45, 7) is 0.292. The van der Waals surface area contributed by atoms with E-state index in [1.165, 1.54) is 0 Å². The van der Waals surface area contributed by atoms with Gasteiger partial charge in [0.05, 0.1) is 13.3 Å². The lowest BCUT2D eigenvalue weighted by Crippen LogP contribution is -2.17. The first-order valence-corrected chi connectivity index (χ1v) is 11.8. The number of aromatic nitrogens is 1. The van der Waals surface area contributed by atoms with Crippen LogP contribution in [0.5, 0.6) is 11.5 Å². The molecule has 0 unspecified atom stereocenters. The number of fused-ring (bicyclic) bond motifs is 1. The number of amides is 1. The van der Waals surface area contributed by atoms with Crippen LogP contribution >= 0.6 is 0 Å². The highest BCUT2D eigenvalue weighted by Gasteiger charge is 2.09. The normalized spacial score (nSPS) is 10.9. The van der Waals surface area contributed by atoms with Crippen LogP contribution in [0, 0.1) is 0 Å². The van der Waals surface area contributed by atoms with Gasteiger partial charge in [-0.25, -0.2) is 5.43 Å². The number of carbonyl (C=O) groups excluding carboxylic acids is 1. The van der Waals surface area contributed by atoms with Gasteiger partial charge in [-0.3, -0.25) is 9.78 Å². The van der Waals surface area contributed by atoms with E-state index < -0.39 is 0 Å². The summed E-state index contributed by atoms with van der Waals surface area (Å²) in [6.07, 6.45) is 3.34. The molecular weight excluding hydrogens is 462 g/mol. The highest BCUT2D eigenvalue weighted by molar-refractivity contribution is 5.95. The molecule has 1 aromatic heterocycles. The monoisotopic (exact) mass is 487 g/mol. The number of hydrogen-bond donors (Lipinski definition) is 1. The van der Waals surface area contributed by atoms with Gasteiger partial charge in [-0.1, -0.05) is 60.7 Å². The average molecular weight is 488 g/mol. The highest BCUT2D eigenvalue weighted by Crippen LogP contribution is 2.26. The molecule has 0 fully saturated rings. The molecule has 0 saturated carbocycles. The van der Waals surface area contributed by atoms with E-state index in [1.54, 1.807) is 31.7 Å². The van der Waals surface area contributed by atoms with E-state index in [2.05, 4.69) is 15.5 Å². The van der Waals surface area contributed by atoms with E-state index in [9.17, 15) is 4.79 Å². The summed E-state index contributed by atoms with van der Waals surface area (Å²) in [6, 6.07) is 32.8. The predicted molar refractivity (Wildman–Crippen MR) is 146 cm³/mol. The molecule has 4 aromatic carbocycles. The van der Waals surface area contributed by atoms with Gasteiger partial charge in [-0.15, -0.1) is 0 Å². The summed E-state index contributed by atoms with van der Waals surface area (Å²) in [5.41, 5.74) is 7.73. The molecule has 1 N–H and O–H groups in total. The SMILES string of the molecule is COc1ccc(/C=N/NC(=O)c2ccc(-c3ccccc3)cc2)cc1COc1cccc2cccnc12. The number of hydrogen-bond acceptors (Lipinski definition) is 5. The molecule has 6 heteroatoms. The Morgan fingerprint density at radius 2 is 1.65 bits per heavy atom. The van der Waals surface area contributed by atoms with Crippen LogP contribution in [0.3, 0.4) is 0 Å². The lowest BCUT2D eigenvalue weighted by molar-refractivity contribution is 0.0955. The van der Waals surface area contributed by atoms with Crippen molar-refractivity contribution in [3.63, 3.8) is 0 Å². The molecule has 0 saturated heterocycles. The van der Waals surface area contributed by atoms with Crippen LogP contribution in [0.4, 0.5) is 0 Å².